The van der Waals surface area contributed by atoms with Crippen LogP contribution in [0.25, 0.3) is 0 Å². The Balaban J connectivity index is 2.60. The molecule has 0 aliphatic rings. The Kier molecular flexibility index (Phi) is 5.99. The lowest BCUT2D eigenvalue weighted by Crippen LogP contribution is -2.45. The van der Waals surface area contributed by atoms with Crippen LogP contribution >= 0.6 is 0 Å². The summed E-state index contributed by atoms with van der Waals surface area (Å²) in [7, 11) is 0. The van der Waals surface area contributed by atoms with Crippen molar-refractivity contribution in [1.82, 2.24) is 0 Å². The van der Waals surface area contributed by atoms with E-state index < -0.39 is 0 Å². The van der Waals surface area contributed by atoms with E-state index in [9.17, 15) is 10.1 Å². The summed E-state index contributed by atoms with van der Waals surface area (Å²) in [5.41, 5.74) is 2.55. The molecule has 0 aromatic heterocycles. The molecule has 0 spiro atoms. The van der Waals surface area contributed by atoms with Crippen LogP contribution in [0.1, 0.15) is 64.5 Å². The standard InChI is InChI=1S/C22H29NO2/c1-5-16-21(3,18-10-8-7-9-11-18)22(4,17-6-2)19-12-14-20(15-13-19)23(24)25/h7-15H,5-6,16-17H2,1-4H3/t21-,22+/m1/s1. The molecule has 0 aliphatic heterocycles. The Labute approximate surface area is 151 Å². The Morgan fingerprint density at radius 2 is 1.24 bits per heavy atom. The molecule has 0 saturated carbocycles. The van der Waals surface area contributed by atoms with Crippen molar-refractivity contribution < 1.29 is 4.92 Å². The number of non-ortho nitro benzene ring substituents is 1. The number of nitrogens with zero attached hydrogens (tertiary/aromatic N) is 1. The van der Waals surface area contributed by atoms with Crippen LogP contribution in [-0.4, -0.2) is 4.92 Å². The van der Waals surface area contributed by atoms with Gasteiger partial charge in [-0.1, -0.05) is 83.0 Å². The smallest absolute Gasteiger partial charge is 0.258 e. The molecule has 25 heavy (non-hydrogen) atoms. The van der Waals surface area contributed by atoms with Crippen molar-refractivity contribution in [2.45, 2.75) is 64.2 Å². The number of rotatable bonds is 8. The van der Waals surface area contributed by atoms with Gasteiger partial charge in [-0.25, -0.2) is 0 Å². The molecule has 3 heteroatoms. The fourth-order valence-corrected chi connectivity index (χ4v) is 4.23. The first-order valence-electron chi connectivity index (χ1n) is 9.19. The summed E-state index contributed by atoms with van der Waals surface area (Å²) in [4.78, 5) is 10.7. The third-order valence-electron chi connectivity index (χ3n) is 5.84. The topological polar surface area (TPSA) is 43.1 Å². The van der Waals surface area contributed by atoms with Crippen molar-refractivity contribution in [1.29, 1.82) is 0 Å². The van der Waals surface area contributed by atoms with Gasteiger partial charge in [0.05, 0.1) is 4.92 Å². The molecular formula is C22H29NO2. The largest absolute Gasteiger partial charge is 0.269 e. The normalized spacial score (nSPS) is 16.0. The summed E-state index contributed by atoms with van der Waals surface area (Å²) < 4.78 is 0. The van der Waals surface area contributed by atoms with Gasteiger partial charge in [0.25, 0.3) is 5.69 Å². The molecule has 0 bridgehead atoms. The molecule has 0 N–H and O–H groups in total. The second-order valence-corrected chi connectivity index (χ2v) is 7.33. The second kappa shape index (κ2) is 7.81. The van der Waals surface area contributed by atoms with Gasteiger partial charge in [-0.05, 0) is 24.0 Å². The molecule has 0 saturated heterocycles. The highest BCUT2D eigenvalue weighted by Crippen LogP contribution is 2.50. The number of benzene rings is 2. The third kappa shape index (κ3) is 3.60. The van der Waals surface area contributed by atoms with E-state index in [4.69, 9.17) is 0 Å². The zero-order valence-electron chi connectivity index (χ0n) is 15.8. The summed E-state index contributed by atoms with van der Waals surface area (Å²) in [5, 5.41) is 11.0. The maximum absolute atomic E-state index is 11.0. The van der Waals surface area contributed by atoms with Crippen molar-refractivity contribution in [2.24, 2.45) is 0 Å². The van der Waals surface area contributed by atoms with E-state index in [1.807, 2.05) is 12.1 Å². The molecular weight excluding hydrogens is 310 g/mol. The van der Waals surface area contributed by atoms with Crippen molar-refractivity contribution in [3.8, 4) is 0 Å². The predicted octanol–water partition coefficient (Wildman–Crippen LogP) is 6.41. The minimum absolute atomic E-state index is 0.0326. The second-order valence-electron chi connectivity index (χ2n) is 7.33. The van der Waals surface area contributed by atoms with Gasteiger partial charge in [0, 0.05) is 23.0 Å². The number of hydrogen-bond donors (Lipinski definition) is 0. The lowest BCUT2D eigenvalue weighted by molar-refractivity contribution is -0.384. The van der Waals surface area contributed by atoms with Crippen molar-refractivity contribution in [3.63, 3.8) is 0 Å². The summed E-state index contributed by atoms with van der Waals surface area (Å²) in [5.74, 6) is 0. The molecule has 0 radical (unpaired) electrons. The van der Waals surface area contributed by atoms with Crippen LogP contribution in [-0.2, 0) is 10.8 Å². The maximum atomic E-state index is 11.0. The lowest BCUT2D eigenvalue weighted by atomic mass is 9.55. The Morgan fingerprint density at radius 3 is 1.64 bits per heavy atom. The summed E-state index contributed by atoms with van der Waals surface area (Å²) >= 11 is 0. The van der Waals surface area contributed by atoms with Gasteiger partial charge in [0.1, 0.15) is 0 Å². The van der Waals surface area contributed by atoms with Gasteiger partial charge >= 0.3 is 0 Å². The highest BCUT2D eigenvalue weighted by molar-refractivity contribution is 5.41. The van der Waals surface area contributed by atoms with Gasteiger partial charge in [-0.3, -0.25) is 10.1 Å². The van der Waals surface area contributed by atoms with Gasteiger partial charge in [-0.15, -0.1) is 0 Å². The highest BCUT2D eigenvalue weighted by Gasteiger charge is 2.45. The number of nitro benzene ring substituents is 1. The summed E-state index contributed by atoms with van der Waals surface area (Å²) in [6, 6.07) is 17.9. The molecule has 0 aliphatic carbocycles. The summed E-state index contributed by atoms with van der Waals surface area (Å²) in [6.45, 7) is 9.10. The van der Waals surface area contributed by atoms with Crippen molar-refractivity contribution >= 4 is 5.69 Å². The van der Waals surface area contributed by atoms with E-state index in [2.05, 4.69) is 58.0 Å². The molecule has 2 aromatic carbocycles. The Bertz CT molecular complexity index is 696. The molecule has 134 valence electrons. The van der Waals surface area contributed by atoms with Gasteiger partial charge in [0.15, 0.2) is 0 Å². The van der Waals surface area contributed by atoms with E-state index >= 15 is 0 Å². The molecule has 2 rings (SSSR count). The number of nitro groups is 1. The van der Waals surface area contributed by atoms with Crippen LogP contribution < -0.4 is 0 Å². The SMILES string of the molecule is CCC[C@@](C)(c1ccc([N+](=O)[O-])cc1)[C@](C)(CCC)c1ccccc1. The van der Waals surface area contributed by atoms with Crippen LogP contribution in [0.3, 0.4) is 0 Å². The first-order valence-corrected chi connectivity index (χ1v) is 9.19. The monoisotopic (exact) mass is 339 g/mol. The van der Waals surface area contributed by atoms with E-state index in [0.717, 1.165) is 25.7 Å². The van der Waals surface area contributed by atoms with Crippen LogP contribution in [0.2, 0.25) is 0 Å². The quantitative estimate of drug-likeness (QED) is 0.412. The zero-order valence-corrected chi connectivity index (χ0v) is 15.8. The fourth-order valence-electron chi connectivity index (χ4n) is 4.23. The van der Waals surface area contributed by atoms with Crippen LogP contribution in [0.15, 0.2) is 54.6 Å². The molecule has 0 fully saturated rings. The van der Waals surface area contributed by atoms with Gasteiger partial charge < -0.3 is 0 Å². The fraction of sp³-hybridized carbons (Fsp3) is 0.455. The van der Waals surface area contributed by atoms with Crippen molar-refractivity contribution in [3.05, 3.63) is 75.8 Å². The van der Waals surface area contributed by atoms with Gasteiger partial charge in [0.2, 0.25) is 0 Å². The van der Waals surface area contributed by atoms with E-state index in [1.165, 1.54) is 11.1 Å². The van der Waals surface area contributed by atoms with Crippen LogP contribution in [0, 0.1) is 10.1 Å². The minimum Gasteiger partial charge on any atom is -0.258 e. The third-order valence-corrected chi connectivity index (χ3v) is 5.84. The average Bonchev–Trinajstić information content (AvgIpc) is 2.62. The van der Waals surface area contributed by atoms with Crippen molar-refractivity contribution in [2.75, 3.05) is 0 Å². The maximum Gasteiger partial charge on any atom is 0.269 e. The number of hydrogen-bond acceptors (Lipinski definition) is 2. The summed E-state index contributed by atoms with van der Waals surface area (Å²) in [6.07, 6.45) is 4.28. The molecule has 3 nitrogen and oxygen atoms in total. The Morgan fingerprint density at radius 1 is 0.800 bits per heavy atom. The van der Waals surface area contributed by atoms with Gasteiger partial charge in [-0.2, -0.15) is 0 Å². The van der Waals surface area contributed by atoms with E-state index in [-0.39, 0.29) is 21.4 Å². The van der Waals surface area contributed by atoms with E-state index in [0.29, 0.717) is 0 Å². The molecule has 0 unspecified atom stereocenters. The minimum atomic E-state index is -0.330. The molecule has 0 amide bonds. The zero-order chi connectivity index (χ0) is 18.5. The van der Waals surface area contributed by atoms with E-state index in [1.54, 1.807) is 12.1 Å². The first-order chi connectivity index (χ1) is 11.9. The van der Waals surface area contributed by atoms with Crippen LogP contribution in [0.4, 0.5) is 5.69 Å². The Hall–Kier alpha value is -2.16. The highest BCUT2D eigenvalue weighted by atomic mass is 16.6. The molecule has 2 atom stereocenters. The van der Waals surface area contributed by atoms with Crippen LogP contribution in [0.5, 0.6) is 0 Å². The average molecular weight is 339 g/mol. The predicted molar refractivity (Wildman–Crippen MR) is 104 cm³/mol. The molecule has 2 aromatic rings. The lowest BCUT2D eigenvalue weighted by Gasteiger charge is -2.48. The first kappa shape index (κ1) is 19.2. The molecule has 0 heterocycles.